The number of hydrogen-bond donors (Lipinski definition) is 4. The van der Waals surface area contributed by atoms with Crippen LogP contribution in [-0.4, -0.2) is 23.6 Å². The fourth-order valence-corrected chi connectivity index (χ4v) is 8.54. The van der Waals surface area contributed by atoms with Gasteiger partial charge in [-0.05, 0) is 61.0 Å². The predicted octanol–water partition coefficient (Wildman–Crippen LogP) is 6.06. The number of carbonyl (C=O) groups is 4. The van der Waals surface area contributed by atoms with Crippen molar-refractivity contribution in [1.29, 1.82) is 0 Å². The second-order valence-electron chi connectivity index (χ2n) is 8.64. The lowest BCUT2D eigenvalue weighted by Gasteiger charge is -2.15. The van der Waals surface area contributed by atoms with Crippen molar-refractivity contribution in [2.75, 3.05) is 0 Å². The molecule has 4 amide bonds. The largest absolute Gasteiger partial charge is 0.270 e. The average Bonchev–Trinajstić information content (AvgIpc) is 3.00. The molecule has 4 aromatic carbocycles. The van der Waals surface area contributed by atoms with Crippen molar-refractivity contribution in [3.05, 3.63) is 119 Å². The Kier molecular flexibility index (Phi) is 9.24. The van der Waals surface area contributed by atoms with Crippen LogP contribution in [0.3, 0.4) is 0 Å². The third kappa shape index (κ3) is 6.91. The van der Waals surface area contributed by atoms with Crippen molar-refractivity contribution < 1.29 is 19.2 Å². The van der Waals surface area contributed by atoms with E-state index in [4.69, 9.17) is 0 Å². The van der Waals surface area contributed by atoms with Crippen LogP contribution in [0.2, 0.25) is 0 Å². The molecule has 0 unspecified atom stereocenters. The number of hydrazine groups is 2. The molecular weight excluding hydrogens is 597 g/mol. The zero-order valence-electron chi connectivity index (χ0n) is 21.4. The van der Waals surface area contributed by atoms with Gasteiger partial charge in [-0.15, -0.1) is 0 Å². The topological polar surface area (TPSA) is 116 Å². The molecule has 1 heterocycles. The van der Waals surface area contributed by atoms with E-state index in [-0.39, 0.29) is 0 Å². The van der Waals surface area contributed by atoms with E-state index in [1.54, 1.807) is 78.9 Å². The fraction of sp³-hybridized carbons (Fsp3) is 0.0345. The Bertz CT molecular complexity index is 1660. The van der Waals surface area contributed by atoms with Crippen LogP contribution in [0.4, 0.5) is 0 Å². The first-order valence-corrected chi connectivity index (χ1v) is 16.5. The van der Waals surface area contributed by atoms with E-state index in [9.17, 15) is 19.2 Å². The standard InChI is InChI=1S/C29H22N4O4S4/c1-17-14-15-21-25(16-17)41-40-24-13-7-4-10-20(24)28(36)31-30-26(34)18-8-2-5-11-22(18)38-39-23-12-6-3-9-19(23)27(35)32-33-29(21)37/h2-16H,1H3,(H,30,34)(H,31,36)(H,32,35)(H,33,37). The van der Waals surface area contributed by atoms with E-state index in [0.717, 1.165) is 5.56 Å². The van der Waals surface area contributed by atoms with E-state index in [1.807, 2.05) is 19.1 Å². The highest BCUT2D eigenvalue weighted by atomic mass is 33.1. The molecule has 12 heteroatoms. The van der Waals surface area contributed by atoms with Gasteiger partial charge in [0.15, 0.2) is 0 Å². The van der Waals surface area contributed by atoms with Crippen LogP contribution in [0, 0.1) is 6.92 Å². The fourth-order valence-electron chi connectivity index (χ4n) is 3.74. The highest BCUT2D eigenvalue weighted by Crippen LogP contribution is 2.42. The molecule has 0 saturated carbocycles. The van der Waals surface area contributed by atoms with Crippen LogP contribution in [0.1, 0.15) is 47.0 Å². The second-order valence-corrected chi connectivity index (χ2v) is 13.1. The predicted molar refractivity (Wildman–Crippen MR) is 164 cm³/mol. The van der Waals surface area contributed by atoms with E-state index >= 15 is 0 Å². The highest BCUT2D eigenvalue weighted by Gasteiger charge is 2.20. The Morgan fingerprint density at radius 2 is 0.732 bits per heavy atom. The van der Waals surface area contributed by atoms with Crippen molar-refractivity contribution in [3.63, 3.8) is 0 Å². The normalized spacial score (nSPS) is 14.6. The Hall–Kier alpha value is -3.84. The first-order chi connectivity index (χ1) is 19.9. The minimum atomic E-state index is -0.478. The number of nitrogens with one attached hydrogen (secondary N) is 4. The molecule has 1 aliphatic rings. The van der Waals surface area contributed by atoms with Crippen LogP contribution in [0.5, 0.6) is 0 Å². The molecule has 4 N–H and O–H groups in total. The van der Waals surface area contributed by atoms with Crippen LogP contribution >= 0.6 is 43.2 Å². The smallest absolute Gasteiger partial charge is 0.267 e. The van der Waals surface area contributed by atoms with Gasteiger partial charge in [0.05, 0.1) is 22.3 Å². The summed E-state index contributed by atoms with van der Waals surface area (Å²) in [5.74, 6) is -1.91. The van der Waals surface area contributed by atoms with Gasteiger partial charge < -0.3 is 0 Å². The summed E-state index contributed by atoms with van der Waals surface area (Å²) in [6.07, 6.45) is 0. The zero-order chi connectivity index (χ0) is 28.8. The van der Waals surface area contributed by atoms with Gasteiger partial charge in [-0.1, -0.05) is 85.6 Å². The molecule has 41 heavy (non-hydrogen) atoms. The first-order valence-electron chi connectivity index (χ1n) is 12.2. The molecule has 5 rings (SSSR count). The van der Waals surface area contributed by atoms with Gasteiger partial charge in [0, 0.05) is 19.6 Å². The van der Waals surface area contributed by atoms with E-state index in [2.05, 4.69) is 21.7 Å². The van der Waals surface area contributed by atoms with Gasteiger partial charge in [-0.2, -0.15) is 0 Å². The van der Waals surface area contributed by atoms with Crippen LogP contribution in [0.15, 0.2) is 111 Å². The Morgan fingerprint density at radius 3 is 1.12 bits per heavy atom. The minimum Gasteiger partial charge on any atom is -0.267 e. The highest BCUT2D eigenvalue weighted by molar-refractivity contribution is 8.77. The molecule has 1 aliphatic heterocycles. The third-order valence-corrected chi connectivity index (χ3v) is 10.7. The number of fused-ring (bicyclic) bond motifs is 4. The molecule has 4 aromatic rings. The van der Waals surface area contributed by atoms with Crippen LogP contribution in [0.25, 0.3) is 0 Å². The number of amides is 4. The molecule has 206 valence electrons. The number of rotatable bonds is 0. The molecule has 0 radical (unpaired) electrons. The zero-order valence-corrected chi connectivity index (χ0v) is 24.7. The maximum absolute atomic E-state index is 13.2. The van der Waals surface area contributed by atoms with Crippen molar-refractivity contribution in [1.82, 2.24) is 21.7 Å². The number of carbonyl (C=O) groups excluding carboxylic acids is 4. The van der Waals surface area contributed by atoms with Gasteiger partial charge in [-0.25, -0.2) is 0 Å². The van der Waals surface area contributed by atoms with Gasteiger partial charge >= 0.3 is 0 Å². The molecular formula is C29H22N4O4S4. The number of aryl methyl sites for hydroxylation is 1. The monoisotopic (exact) mass is 618 g/mol. The Labute approximate surface area is 251 Å². The van der Waals surface area contributed by atoms with Gasteiger partial charge in [0.2, 0.25) is 0 Å². The third-order valence-electron chi connectivity index (χ3n) is 5.80. The summed E-state index contributed by atoms with van der Waals surface area (Å²) in [5.41, 5.74) is 12.5. The summed E-state index contributed by atoms with van der Waals surface area (Å²) >= 11 is 0. The maximum Gasteiger partial charge on any atom is 0.270 e. The van der Waals surface area contributed by atoms with Gasteiger partial charge in [0.1, 0.15) is 0 Å². The lowest BCUT2D eigenvalue weighted by molar-refractivity contribution is 0.0843. The van der Waals surface area contributed by atoms with E-state index in [1.165, 1.54) is 43.2 Å². The first kappa shape index (κ1) is 28.7. The van der Waals surface area contributed by atoms with Gasteiger partial charge in [-0.3, -0.25) is 40.9 Å². The summed E-state index contributed by atoms with van der Waals surface area (Å²) in [4.78, 5) is 55.0. The summed E-state index contributed by atoms with van der Waals surface area (Å²) in [6.45, 7) is 1.91. The summed E-state index contributed by atoms with van der Waals surface area (Å²) in [5, 5.41) is 0. The second kappa shape index (κ2) is 13.2. The Morgan fingerprint density at radius 1 is 0.415 bits per heavy atom. The van der Waals surface area contributed by atoms with Crippen LogP contribution in [-0.2, 0) is 0 Å². The quantitative estimate of drug-likeness (QED) is 0.176. The van der Waals surface area contributed by atoms with Crippen LogP contribution < -0.4 is 21.7 Å². The number of hydrogen-bond acceptors (Lipinski definition) is 8. The maximum atomic E-state index is 13.2. The van der Waals surface area contributed by atoms with Crippen molar-refractivity contribution in [2.45, 2.75) is 26.5 Å². The van der Waals surface area contributed by atoms with Crippen molar-refractivity contribution in [3.8, 4) is 0 Å². The van der Waals surface area contributed by atoms with Crippen molar-refractivity contribution >= 4 is 66.8 Å². The molecule has 0 aromatic heterocycles. The number of benzene rings is 4. The Balaban J connectivity index is 1.50. The summed E-state index contributed by atoms with van der Waals surface area (Å²) in [7, 11) is 5.21. The van der Waals surface area contributed by atoms with Gasteiger partial charge in [0.25, 0.3) is 23.6 Å². The molecule has 8 nitrogen and oxygen atoms in total. The average molecular weight is 619 g/mol. The van der Waals surface area contributed by atoms with E-state index < -0.39 is 23.6 Å². The van der Waals surface area contributed by atoms with E-state index in [0.29, 0.717) is 41.8 Å². The molecule has 0 fully saturated rings. The molecule has 0 bridgehead atoms. The molecule has 0 atom stereocenters. The summed E-state index contributed by atoms with van der Waals surface area (Å²) < 4.78 is 0. The molecule has 0 spiro atoms. The molecule has 0 saturated heterocycles. The lowest BCUT2D eigenvalue weighted by atomic mass is 10.1. The minimum absolute atomic E-state index is 0.360. The SMILES string of the molecule is Cc1ccc2c(c1)SSc1ccccc1C(=O)NNC(=O)c1ccccc1SSc1ccccc1C(=O)NNC2=O. The van der Waals surface area contributed by atoms with Crippen molar-refractivity contribution in [2.24, 2.45) is 0 Å². The molecule has 0 aliphatic carbocycles. The lowest BCUT2D eigenvalue weighted by Crippen LogP contribution is -2.42. The summed E-state index contributed by atoms with van der Waals surface area (Å²) in [6, 6.07) is 26.3.